The Hall–Kier alpha value is -2.11. The lowest BCUT2D eigenvalue weighted by Crippen LogP contribution is -2.29. The number of anilines is 1. The number of rotatable bonds is 5. The highest BCUT2D eigenvalue weighted by molar-refractivity contribution is 5.40. The van der Waals surface area contributed by atoms with Gasteiger partial charge < -0.3 is 10.5 Å². The number of methoxy groups -OCH3 is 1. The standard InChI is InChI=1S/C14H18N4O/c1-19-12-6-4-10(5-7-12)13(18-16)9-11-3-2-8-17-14(11)15/h2-8,13,18H,9,16H2,1H3,(H2,15,17). The summed E-state index contributed by atoms with van der Waals surface area (Å²) in [7, 11) is 1.64. The summed E-state index contributed by atoms with van der Waals surface area (Å²) < 4.78 is 5.14. The molecule has 1 heterocycles. The van der Waals surface area contributed by atoms with E-state index in [0.29, 0.717) is 12.2 Å². The first-order chi connectivity index (χ1) is 9.24. The molecule has 0 spiro atoms. The van der Waals surface area contributed by atoms with Crippen molar-refractivity contribution in [1.29, 1.82) is 0 Å². The van der Waals surface area contributed by atoms with Gasteiger partial charge in [0.15, 0.2) is 0 Å². The Morgan fingerprint density at radius 1 is 1.26 bits per heavy atom. The van der Waals surface area contributed by atoms with Gasteiger partial charge in [0.1, 0.15) is 11.6 Å². The number of nitrogens with zero attached hydrogens (tertiary/aromatic N) is 1. The molecule has 1 atom stereocenters. The van der Waals surface area contributed by atoms with E-state index in [-0.39, 0.29) is 6.04 Å². The van der Waals surface area contributed by atoms with Crippen molar-refractivity contribution in [1.82, 2.24) is 10.4 Å². The van der Waals surface area contributed by atoms with E-state index >= 15 is 0 Å². The number of aromatic nitrogens is 1. The lowest BCUT2D eigenvalue weighted by atomic mass is 10.00. The number of nitrogen functional groups attached to an aromatic ring is 1. The Labute approximate surface area is 112 Å². The van der Waals surface area contributed by atoms with Crippen LogP contribution in [0.4, 0.5) is 5.82 Å². The molecule has 2 rings (SSSR count). The Bertz CT molecular complexity index is 527. The molecular weight excluding hydrogens is 240 g/mol. The van der Waals surface area contributed by atoms with Gasteiger partial charge in [-0.3, -0.25) is 11.3 Å². The van der Waals surface area contributed by atoms with Crippen LogP contribution in [0.3, 0.4) is 0 Å². The molecule has 0 aliphatic carbocycles. The highest BCUT2D eigenvalue weighted by Crippen LogP contribution is 2.22. The Morgan fingerprint density at radius 3 is 2.58 bits per heavy atom. The molecular formula is C14H18N4O. The van der Waals surface area contributed by atoms with Crippen LogP contribution in [0.5, 0.6) is 5.75 Å². The monoisotopic (exact) mass is 258 g/mol. The van der Waals surface area contributed by atoms with Crippen molar-refractivity contribution in [2.75, 3.05) is 12.8 Å². The molecule has 1 aromatic carbocycles. The predicted molar refractivity (Wildman–Crippen MR) is 75.4 cm³/mol. The lowest BCUT2D eigenvalue weighted by Gasteiger charge is -2.17. The fourth-order valence-electron chi connectivity index (χ4n) is 1.95. The van der Waals surface area contributed by atoms with E-state index in [0.717, 1.165) is 16.9 Å². The first kappa shape index (κ1) is 13.3. The minimum absolute atomic E-state index is 0.0163. The van der Waals surface area contributed by atoms with E-state index in [2.05, 4.69) is 10.4 Å². The third-order valence-corrected chi connectivity index (χ3v) is 3.07. The van der Waals surface area contributed by atoms with Gasteiger partial charge in [-0.15, -0.1) is 0 Å². The molecule has 5 N–H and O–H groups in total. The third kappa shape index (κ3) is 3.21. The highest BCUT2D eigenvalue weighted by atomic mass is 16.5. The summed E-state index contributed by atoms with van der Waals surface area (Å²) in [6.45, 7) is 0. The number of pyridine rings is 1. The van der Waals surface area contributed by atoms with Crippen LogP contribution >= 0.6 is 0 Å². The van der Waals surface area contributed by atoms with E-state index in [1.54, 1.807) is 13.3 Å². The molecule has 0 radical (unpaired) electrons. The number of hydrogen-bond donors (Lipinski definition) is 3. The van der Waals surface area contributed by atoms with Crippen LogP contribution in [-0.4, -0.2) is 12.1 Å². The smallest absolute Gasteiger partial charge is 0.126 e. The average Bonchev–Trinajstić information content (AvgIpc) is 2.47. The Balaban J connectivity index is 2.17. The fraction of sp³-hybridized carbons (Fsp3) is 0.214. The molecule has 1 aromatic heterocycles. The minimum atomic E-state index is -0.0163. The molecule has 19 heavy (non-hydrogen) atoms. The number of nitrogens with one attached hydrogen (secondary N) is 1. The van der Waals surface area contributed by atoms with Gasteiger partial charge in [0.2, 0.25) is 0 Å². The van der Waals surface area contributed by atoms with Crippen LogP contribution in [0, 0.1) is 0 Å². The molecule has 0 aliphatic rings. The van der Waals surface area contributed by atoms with Gasteiger partial charge in [-0.1, -0.05) is 18.2 Å². The van der Waals surface area contributed by atoms with Gasteiger partial charge in [-0.2, -0.15) is 0 Å². The van der Waals surface area contributed by atoms with Gasteiger partial charge in [-0.05, 0) is 35.7 Å². The Morgan fingerprint density at radius 2 is 2.00 bits per heavy atom. The van der Waals surface area contributed by atoms with Crippen molar-refractivity contribution in [3.05, 3.63) is 53.7 Å². The first-order valence-corrected chi connectivity index (χ1v) is 6.04. The van der Waals surface area contributed by atoms with Crippen LogP contribution in [-0.2, 0) is 6.42 Å². The molecule has 0 saturated carbocycles. The third-order valence-electron chi connectivity index (χ3n) is 3.07. The fourth-order valence-corrected chi connectivity index (χ4v) is 1.95. The molecule has 2 aromatic rings. The van der Waals surface area contributed by atoms with E-state index in [4.69, 9.17) is 16.3 Å². The van der Waals surface area contributed by atoms with Gasteiger partial charge in [-0.25, -0.2) is 4.98 Å². The van der Waals surface area contributed by atoms with Gasteiger partial charge in [0, 0.05) is 6.20 Å². The molecule has 5 nitrogen and oxygen atoms in total. The lowest BCUT2D eigenvalue weighted by molar-refractivity contribution is 0.414. The summed E-state index contributed by atoms with van der Waals surface area (Å²) in [5.74, 6) is 6.99. The number of hydrazine groups is 1. The number of benzene rings is 1. The first-order valence-electron chi connectivity index (χ1n) is 6.04. The van der Waals surface area contributed by atoms with E-state index in [1.807, 2.05) is 36.4 Å². The van der Waals surface area contributed by atoms with E-state index in [1.165, 1.54) is 0 Å². The second kappa shape index (κ2) is 6.17. The highest BCUT2D eigenvalue weighted by Gasteiger charge is 2.12. The van der Waals surface area contributed by atoms with Crippen LogP contribution in [0.1, 0.15) is 17.2 Å². The van der Waals surface area contributed by atoms with E-state index < -0.39 is 0 Å². The van der Waals surface area contributed by atoms with Gasteiger partial charge in [0.25, 0.3) is 0 Å². The zero-order valence-corrected chi connectivity index (χ0v) is 10.8. The average molecular weight is 258 g/mol. The quantitative estimate of drug-likeness (QED) is 0.558. The molecule has 1 unspecified atom stereocenters. The molecule has 100 valence electrons. The van der Waals surface area contributed by atoms with E-state index in [9.17, 15) is 0 Å². The minimum Gasteiger partial charge on any atom is -0.497 e. The topological polar surface area (TPSA) is 86.2 Å². The largest absolute Gasteiger partial charge is 0.497 e. The zero-order valence-electron chi connectivity index (χ0n) is 10.8. The van der Waals surface area contributed by atoms with Crippen molar-refractivity contribution in [2.24, 2.45) is 5.84 Å². The number of nitrogens with two attached hydrogens (primary N) is 2. The SMILES string of the molecule is COc1ccc(C(Cc2cccnc2N)NN)cc1. The van der Waals surface area contributed by atoms with Crippen LogP contribution < -0.4 is 21.7 Å². The van der Waals surface area contributed by atoms with Crippen LogP contribution in [0.15, 0.2) is 42.6 Å². The maximum Gasteiger partial charge on any atom is 0.126 e. The molecule has 5 heteroatoms. The normalized spacial score (nSPS) is 12.1. The summed E-state index contributed by atoms with van der Waals surface area (Å²) in [6.07, 6.45) is 2.36. The number of hydrogen-bond acceptors (Lipinski definition) is 5. The van der Waals surface area contributed by atoms with Crippen molar-refractivity contribution in [2.45, 2.75) is 12.5 Å². The van der Waals surface area contributed by atoms with Crippen LogP contribution in [0.2, 0.25) is 0 Å². The van der Waals surface area contributed by atoms with Crippen molar-refractivity contribution in [3.63, 3.8) is 0 Å². The zero-order chi connectivity index (χ0) is 13.7. The molecule has 0 fully saturated rings. The predicted octanol–water partition coefficient (Wildman–Crippen LogP) is 1.42. The molecule has 0 saturated heterocycles. The summed E-state index contributed by atoms with van der Waals surface area (Å²) >= 11 is 0. The second-order valence-electron chi connectivity index (χ2n) is 4.24. The molecule has 0 aliphatic heterocycles. The molecule has 0 amide bonds. The summed E-state index contributed by atoms with van der Waals surface area (Å²) in [4.78, 5) is 4.08. The summed E-state index contributed by atoms with van der Waals surface area (Å²) in [5, 5.41) is 0. The molecule has 0 bridgehead atoms. The maximum atomic E-state index is 5.85. The van der Waals surface area contributed by atoms with Gasteiger partial charge in [0.05, 0.1) is 13.2 Å². The van der Waals surface area contributed by atoms with Crippen LogP contribution in [0.25, 0.3) is 0 Å². The number of ether oxygens (including phenoxy) is 1. The summed E-state index contributed by atoms with van der Waals surface area (Å²) in [6, 6.07) is 11.6. The van der Waals surface area contributed by atoms with Crippen molar-refractivity contribution < 1.29 is 4.74 Å². The van der Waals surface area contributed by atoms with Crippen molar-refractivity contribution >= 4 is 5.82 Å². The van der Waals surface area contributed by atoms with Crippen molar-refractivity contribution in [3.8, 4) is 5.75 Å². The maximum absolute atomic E-state index is 5.85. The summed E-state index contributed by atoms with van der Waals surface area (Å²) in [5.41, 5.74) is 10.7. The second-order valence-corrected chi connectivity index (χ2v) is 4.24. The van der Waals surface area contributed by atoms with Gasteiger partial charge >= 0.3 is 0 Å². The Kier molecular flexibility index (Phi) is 4.33.